The molecule has 0 N–H and O–H groups in total. The Morgan fingerprint density at radius 3 is 2.33 bits per heavy atom. The zero-order valence-electron chi connectivity index (χ0n) is 18.3. The fraction of sp³-hybridized carbons (Fsp3) is 0.440. The van der Waals surface area contributed by atoms with Crippen LogP contribution in [0.2, 0.25) is 0 Å². The van der Waals surface area contributed by atoms with Crippen molar-refractivity contribution in [1.82, 2.24) is 9.80 Å². The van der Waals surface area contributed by atoms with E-state index in [2.05, 4.69) is 0 Å². The molecule has 0 spiro atoms. The van der Waals surface area contributed by atoms with Crippen LogP contribution in [0, 0.1) is 17.2 Å². The first-order valence-electron chi connectivity index (χ1n) is 10.6. The van der Waals surface area contributed by atoms with Crippen LogP contribution in [0.5, 0.6) is 0 Å². The topological polar surface area (TPSA) is 40.6 Å². The standard InChI is InChI=1S/C25H31FN2O2/c1-18(2)15-23(29)28-14-13-25(17-28,24(30)27(3)4)16-19-9-5-6-10-20(19)21-11-7-8-12-22(21)26/h5-12,18H,13-17H2,1-4H3/t25-/m0/s1. The predicted octanol–water partition coefficient (Wildman–Crippen LogP) is 4.39. The Balaban J connectivity index is 1.96. The van der Waals surface area contributed by atoms with E-state index in [9.17, 15) is 14.0 Å². The zero-order chi connectivity index (χ0) is 21.9. The summed E-state index contributed by atoms with van der Waals surface area (Å²) < 4.78 is 14.5. The van der Waals surface area contributed by atoms with Crippen molar-refractivity contribution < 1.29 is 14.0 Å². The maximum absolute atomic E-state index is 14.5. The summed E-state index contributed by atoms with van der Waals surface area (Å²) in [7, 11) is 3.51. The SMILES string of the molecule is CC(C)CC(=O)N1CC[C@@](Cc2ccccc2-c2ccccc2F)(C(=O)N(C)C)C1. The minimum Gasteiger partial charge on any atom is -0.348 e. The molecule has 1 atom stereocenters. The van der Waals surface area contributed by atoms with Gasteiger partial charge in [0, 0.05) is 39.2 Å². The van der Waals surface area contributed by atoms with Crippen molar-refractivity contribution in [2.24, 2.45) is 11.3 Å². The molecule has 1 fully saturated rings. The molecule has 0 saturated carbocycles. The molecule has 1 aliphatic rings. The summed E-state index contributed by atoms with van der Waals surface area (Å²) in [5.41, 5.74) is 1.56. The highest BCUT2D eigenvalue weighted by atomic mass is 19.1. The third-order valence-corrected chi connectivity index (χ3v) is 5.86. The number of benzene rings is 2. The number of hydrogen-bond donors (Lipinski definition) is 0. The average Bonchev–Trinajstić information content (AvgIpc) is 3.13. The number of likely N-dealkylation sites (tertiary alicyclic amines) is 1. The quantitative estimate of drug-likeness (QED) is 0.709. The number of halogens is 1. The number of carbonyl (C=O) groups is 2. The first kappa shape index (κ1) is 22.0. The summed E-state index contributed by atoms with van der Waals surface area (Å²) in [6, 6.07) is 14.4. The Kier molecular flexibility index (Phi) is 6.59. The van der Waals surface area contributed by atoms with Gasteiger partial charge in [0.25, 0.3) is 0 Å². The lowest BCUT2D eigenvalue weighted by Crippen LogP contribution is -2.44. The van der Waals surface area contributed by atoms with Crippen LogP contribution < -0.4 is 0 Å². The normalized spacial score (nSPS) is 18.7. The van der Waals surface area contributed by atoms with Gasteiger partial charge in [-0.3, -0.25) is 9.59 Å². The van der Waals surface area contributed by atoms with Gasteiger partial charge in [-0.25, -0.2) is 4.39 Å². The van der Waals surface area contributed by atoms with Gasteiger partial charge in [-0.2, -0.15) is 0 Å². The van der Waals surface area contributed by atoms with Crippen LogP contribution >= 0.6 is 0 Å². The summed E-state index contributed by atoms with van der Waals surface area (Å²) >= 11 is 0. The first-order chi connectivity index (χ1) is 14.2. The van der Waals surface area contributed by atoms with Gasteiger partial charge in [-0.1, -0.05) is 56.3 Å². The van der Waals surface area contributed by atoms with E-state index in [1.807, 2.05) is 49.1 Å². The molecule has 160 valence electrons. The van der Waals surface area contributed by atoms with Crippen molar-refractivity contribution in [3.8, 4) is 11.1 Å². The van der Waals surface area contributed by atoms with E-state index < -0.39 is 5.41 Å². The fourth-order valence-electron chi connectivity index (χ4n) is 4.41. The molecule has 2 aromatic carbocycles. The molecule has 5 heteroatoms. The fourth-order valence-corrected chi connectivity index (χ4v) is 4.41. The van der Waals surface area contributed by atoms with Crippen molar-refractivity contribution in [2.45, 2.75) is 33.1 Å². The molecule has 0 unspecified atom stereocenters. The second-order valence-corrected chi connectivity index (χ2v) is 8.96. The number of rotatable bonds is 6. The molecule has 2 amide bonds. The van der Waals surface area contributed by atoms with Crippen LogP contribution in [0.1, 0.15) is 32.3 Å². The van der Waals surface area contributed by atoms with Gasteiger partial charge in [-0.05, 0) is 36.0 Å². The van der Waals surface area contributed by atoms with Crippen LogP contribution in [0.15, 0.2) is 48.5 Å². The van der Waals surface area contributed by atoms with Gasteiger partial charge in [0.2, 0.25) is 11.8 Å². The molecule has 0 bridgehead atoms. The molecule has 0 aliphatic carbocycles. The van der Waals surface area contributed by atoms with Crippen LogP contribution in [0.4, 0.5) is 4.39 Å². The van der Waals surface area contributed by atoms with Gasteiger partial charge < -0.3 is 9.80 Å². The van der Waals surface area contributed by atoms with Crippen molar-refractivity contribution in [1.29, 1.82) is 0 Å². The number of carbonyl (C=O) groups excluding carboxylic acids is 2. The third kappa shape index (κ3) is 4.55. The summed E-state index contributed by atoms with van der Waals surface area (Å²) in [6.07, 6.45) is 1.57. The molecule has 1 saturated heterocycles. The smallest absolute Gasteiger partial charge is 0.230 e. The maximum Gasteiger partial charge on any atom is 0.230 e. The number of hydrogen-bond acceptors (Lipinski definition) is 2. The third-order valence-electron chi connectivity index (χ3n) is 5.86. The lowest BCUT2D eigenvalue weighted by molar-refractivity contribution is -0.139. The predicted molar refractivity (Wildman–Crippen MR) is 117 cm³/mol. The molecule has 1 heterocycles. The minimum atomic E-state index is -0.697. The Hall–Kier alpha value is -2.69. The van der Waals surface area contributed by atoms with E-state index in [1.54, 1.807) is 31.1 Å². The Morgan fingerprint density at radius 2 is 1.70 bits per heavy atom. The van der Waals surface area contributed by atoms with E-state index in [4.69, 9.17) is 0 Å². The lowest BCUT2D eigenvalue weighted by atomic mass is 9.77. The van der Waals surface area contributed by atoms with Crippen molar-refractivity contribution in [3.05, 3.63) is 59.9 Å². The maximum atomic E-state index is 14.5. The summed E-state index contributed by atoms with van der Waals surface area (Å²) in [4.78, 5) is 29.4. The zero-order valence-corrected chi connectivity index (χ0v) is 18.3. The minimum absolute atomic E-state index is 0.0192. The molecule has 3 rings (SSSR count). The highest BCUT2D eigenvalue weighted by Crippen LogP contribution is 2.39. The molecular formula is C25H31FN2O2. The van der Waals surface area contributed by atoms with E-state index in [0.29, 0.717) is 37.9 Å². The summed E-state index contributed by atoms with van der Waals surface area (Å²) in [6.45, 7) is 5.03. The van der Waals surface area contributed by atoms with Gasteiger partial charge in [-0.15, -0.1) is 0 Å². The molecule has 2 aromatic rings. The van der Waals surface area contributed by atoms with Gasteiger partial charge >= 0.3 is 0 Å². The second kappa shape index (κ2) is 8.99. The molecular weight excluding hydrogens is 379 g/mol. The molecule has 4 nitrogen and oxygen atoms in total. The van der Waals surface area contributed by atoms with E-state index in [0.717, 1.165) is 11.1 Å². The highest BCUT2D eigenvalue weighted by molar-refractivity contribution is 5.86. The van der Waals surface area contributed by atoms with E-state index in [1.165, 1.54) is 6.07 Å². The van der Waals surface area contributed by atoms with Gasteiger partial charge in [0.15, 0.2) is 0 Å². The van der Waals surface area contributed by atoms with Crippen LogP contribution in [-0.4, -0.2) is 48.8 Å². The van der Waals surface area contributed by atoms with Crippen molar-refractivity contribution >= 4 is 11.8 Å². The highest BCUT2D eigenvalue weighted by Gasteiger charge is 2.47. The van der Waals surface area contributed by atoms with E-state index >= 15 is 0 Å². The molecule has 1 aliphatic heterocycles. The van der Waals surface area contributed by atoms with Gasteiger partial charge in [0.05, 0.1) is 5.41 Å². The molecule has 0 aromatic heterocycles. The first-order valence-corrected chi connectivity index (χ1v) is 10.6. The summed E-state index contributed by atoms with van der Waals surface area (Å²) in [5.74, 6) is 0.114. The van der Waals surface area contributed by atoms with Crippen molar-refractivity contribution in [3.63, 3.8) is 0 Å². The number of amides is 2. The second-order valence-electron chi connectivity index (χ2n) is 8.96. The summed E-state index contributed by atoms with van der Waals surface area (Å²) in [5, 5.41) is 0. The monoisotopic (exact) mass is 410 g/mol. The Bertz CT molecular complexity index is 925. The average molecular weight is 411 g/mol. The van der Waals surface area contributed by atoms with Crippen LogP contribution in [0.3, 0.4) is 0 Å². The molecule has 0 radical (unpaired) electrons. The largest absolute Gasteiger partial charge is 0.348 e. The van der Waals surface area contributed by atoms with Crippen molar-refractivity contribution in [2.75, 3.05) is 27.2 Å². The van der Waals surface area contributed by atoms with Gasteiger partial charge in [0.1, 0.15) is 5.82 Å². The van der Waals surface area contributed by atoms with Crippen LogP contribution in [-0.2, 0) is 16.0 Å². The molecule has 30 heavy (non-hydrogen) atoms. The lowest BCUT2D eigenvalue weighted by Gasteiger charge is -2.32. The Morgan fingerprint density at radius 1 is 1.07 bits per heavy atom. The van der Waals surface area contributed by atoms with Crippen LogP contribution in [0.25, 0.3) is 11.1 Å². The Labute approximate surface area is 178 Å². The van der Waals surface area contributed by atoms with E-state index in [-0.39, 0.29) is 23.5 Å². The number of nitrogens with zero attached hydrogens (tertiary/aromatic N) is 2.